The van der Waals surface area contributed by atoms with Gasteiger partial charge in [0.25, 0.3) is 0 Å². The topological polar surface area (TPSA) is 44.7 Å². The molecule has 0 heterocycles. The van der Waals surface area contributed by atoms with E-state index in [0.717, 1.165) is 11.3 Å². The standard InChI is InChI=1S/C14H23FN2O2/c1-11(18)10-17(2)14-5-4-13(15)8-12(14)9-16-6-7-19-3/h4-5,8,11,16,18H,6-7,9-10H2,1-3H3. The van der Waals surface area contributed by atoms with Crippen molar-refractivity contribution in [3.05, 3.63) is 29.6 Å². The molecule has 0 aliphatic heterocycles. The highest BCUT2D eigenvalue weighted by Crippen LogP contribution is 2.20. The molecule has 108 valence electrons. The zero-order valence-electron chi connectivity index (χ0n) is 11.8. The number of likely N-dealkylation sites (N-methyl/N-ethyl adjacent to an activating group) is 1. The highest BCUT2D eigenvalue weighted by molar-refractivity contribution is 5.53. The van der Waals surface area contributed by atoms with Gasteiger partial charge in [0.2, 0.25) is 0 Å². The molecule has 0 amide bonds. The number of methoxy groups -OCH3 is 1. The quantitative estimate of drug-likeness (QED) is 0.701. The van der Waals surface area contributed by atoms with Crippen LogP contribution in [0.15, 0.2) is 18.2 Å². The summed E-state index contributed by atoms with van der Waals surface area (Å²) in [5, 5.41) is 12.6. The third kappa shape index (κ3) is 5.55. The predicted molar refractivity (Wildman–Crippen MR) is 74.9 cm³/mol. The van der Waals surface area contributed by atoms with Gasteiger partial charge in [-0.05, 0) is 30.7 Å². The van der Waals surface area contributed by atoms with Gasteiger partial charge in [0.15, 0.2) is 0 Å². The van der Waals surface area contributed by atoms with E-state index in [-0.39, 0.29) is 5.82 Å². The van der Waals surface area contributed by atoms with Crippen molar-refractivity contribution >= 4 is 5.69 Å². The highest BCUT2D eigenvalue weighted by atomic mass is 19.1. The molecule has 0 aliphatic carbocycles. The molecule has 1 unspecified atom stereocenters. The maximum absolute atomic E-state index is 13.3. The Labute approximate surface area is 114 Å². The molecule has 5 heteroatoms. The maximum Gasteiger partial charge on any atom is 0.123 e. The van der Waals surface area contributed by atoms with Crippen LogP contribution >= 0.6 is 0 Å². The number of halogens is 1. The Hall–Kier alpha value is -1.17. The van der Waals surface area contributed by atoms with Crippen molar-refractivity contribution in [1.29, 1.82) is 0 Å². The summed E-state index contributed by atoms with van der Waals surface area (Å²) in [5.74, 6) is -0.252. The molecule has 1 aromatic carbocycles. The molecular weight excluding hydrogens is 247 g/mol. The molecule has 1 aromatic rings. The third-order valence-corrected chi connectivity index (χ3v) is 2.79. The summed E-state index contributed by atoms with van der Waals surface area (Å²) >= 11 is 0. The number of anilines is 1. The van der Waals surface area contributed by atoms with E-state index in [1.165, 1.54) is 12.1 Å². The number of hydrogen-bond acceptors (Lipinski definition) is 4. The molecule has 1 atom stereocenters. The molecule has 0 aliphatic rings. The summed E-state index contributed by atoms with van der Waals surface area (Å²) in [6, 6.07) is 4.70. The van der Waals surface area contributed by atoms with E-state index in [4.69, 9.17) is 4.74 Å². The maximum atomic E-state index is 13.3. The summed E-state index contributed by atoms with van der Waals surface area (Å²) in [6.07, 6.45) is -0.427. The van der Waals surface area contributed by atoms with E-state index in [9.17, 15) is 9.50 Å². The van der Waals surface area contributed by atoms with Crippen LogP contribution in [0.5, 0.6) is 0 Å². The Bertz CT molecular complexity index is 386. The van der Waals surface area contributed by atoms with Gasteiger partial charge in [-0.15, -0.1) is 0 Å². The van der Waals surface area contributed by atoms with Crippen LogP contribution in [0.2, 0.25) is 0 Å². The minimum Gasteiger partial charge on any atom is -0.392 e. The van der Waals surface area contributed by atoms with Crippen molar-refractivity contribution in [2.24, 2.45) is 0 Å². The van der Waals surface area contributed by atoms with Crippen molar-refractivity contribution in [2.75, 3.05) is 38.8 Å². The Morgan fingerprint density at radius 1 is 1.47 bits per heavy atom. The fourth-order valence-corrected chi connectivity index (χ4v) is 1.96. The second kappa shape index (κ2) is 8.09. The lowest BCUT2D eigenvalue weighted by Gasteiger charge is -2.24. The summed E-state index contributed by atoms with van der Waals surface area (Å²) in [4.78, 5) is 1.93. The molecule has 0 radical (unpaired) electrons. The number of benzene rings is 1. The number of aliphatic hydroxyl groups is 1. The SMILES string of the molecule is COCCNCc1cc(F)ccc1N(C)CC(C)O. The number of nitrogens with zero attached hydrogens (tertiary/aromatic N) is 1. The molecule has 0 saturated heterocycles. The van der Waals surface area contributed by atoms with Gasteiger partial charge in [-0.2, -0.15) is 0 Å². The van der Waals surface area contributed by atoms with Crippen molar-refractivity contribution in [1.82, 2.24) is 5.32 Å². The van der Waals surface area contributed by atoms with Crippen molar-refractivity contribution in [3.63, 3.8) is 0 Å². The van der Waals surface area contributed by atoms with E-state index < -0.39 is 6.10 Å². The zero-order valence-corrected chi connectivity index (χ0v) is 11.8. The first-order valence-corrected chi connectivity index (χ1v) is 6.42. The van der Waals surface area contributed by atoms with E-state index >= 15 is 0 Å². The Morgan fingerprint density at radius 3 is 2.84 bits per heavy atom. The number of rotatable bonds is 8. The average molecular weight is 270 g/mol. The highest BCUT2D eigenvalue weighted by Gasteiger charge is 2.10. The first-order chi connectivity index (χ1) is 9.04. The number of hydrogen-bond donors (Lipinski definition) is 2. The lowest BCUT2D eigenvalue weighted by molar-refractivity contribution is 0.199. The van der Waals surface area contributed by atoms with Gasteiger partial charge in [0.05, 0.1) is 12.7 Å². The first kappa shape index (κ1) is 15.9. The van der Waals surface area contributed by atoms with Crippen LogP contribution in [0.25, 0.3) is 0 Å². The zero-order chi connectivity index (χ0) is 14.3. The van der Waals surface area contributed by atoms with Crippen LogP contribution in [0.1, 0.15) is 12.5 Å². The molecule has 2 N–H and O–H groups in total. The second-order valence-electron chi connectivity index (χ2n) is 4.67. The van der Waals surface area contributed by atoms with E-state index in [2.05, 4.69) is 5.32 Å². The second-order valence-corrected chi connectivity index (χ2v) is 4.67. The average Bonchev–Trinajstić information content (AvgIpc) is 2.34. The van der Waals surface area contributed by atoms with Gasteiger partial charge in [-0.25, -0.2) is 4.39 Å². The minimum absolute atomic E-state index is 0.252. The fourth-order valence-electron chi connectivity index (χ4n) is 1.96. The Balaban J connectivity index is 2.73. The molecule has 1 rings (SSSR count). The lowest BCUT2D eigenvalue weighted by Crippen LogP contribution is -2.28. The largest absolute Gasteiger partial charge is 0.392 e. The minimum atomic E-state index is -0.427. The van der Waals surface area contributed by atoms with Crippen LogP contribution in [-0.4, -0.2) is 45.1 Å². The predicted octanol–water partition coefficient (Wildman–Crippen LogP) is 1.38. The lowest BCUT2D eigenvalue weighted by atomic mass is 10.1. The molecule has 0 saturated carbocycles. The van der Waals surface area contributed by atoms with Gasteiger partial charge in [0, 0.05) is 39.5 Å². The molecule has 0 bridgehead atoms. The van der Waals surface area contributed by atoms with Gasteiger partial charge in [-0.1, -0.05) is 0 Å². The van der Waals surface area contributed by atoms with Gasteiger partial charge in [-0.3, -0.25) is 0 Å². The molecule has 4 nitrogen and oxygen atoms in total. The molecule has 0 spiro atoms. The smallest absolute Gasteiger partial charge is 0.123 e. The van der Waals surface area contributed by atoms with Gasteiger partial charge in [0.1, 0.15) is 5.82 Å². The summed E-state index contributed by atoms with van der Waals surface area (Å²) < 4.78 is 18.3. The van der Waals surface area contributed by atoms with Crippen molar-refractivity contribution < 1.29 is 14.2 Å². The van der Waals surface area contributed by atoms with E-state index in [1.54, 1.807) is 20.1 Å². The summed E-state index contributed by atoms with van der Waals surface area (Å²) in [5.41, 5.74) is 1.80. The number of aliphatic hydroxyl groups excluding tert-OH is 1. The monoisotopic (exact) mass is 270 g/mol. The van der Waals surface area contributed by atoms with E-state index in [0.29, 0.717) is 26.2 Å². The number of nitrogens with one attached hydrogen (secondary N) is 1. The summed E-state index contributed by atoms with van der Waals surface area (Å²) in [7, 11) is 3.53. The fraction of sp³-hybridized carbons (Fsp3) is 0.571. The molecule has 0 aromatic heterocycles. The Kier molecular flexibility index (Phi) is 6.77. The Morgan fingerprint density at radius 2 is 2.21 bits per heavy atom. The van der Waals surface area contributed by atoms with Crippen molar-refractivity contribution in [3.8, 4) is 0 Å². The van der Waals surface area contributed by atoms with Crippen LogP contribution in [0, 0.1) is 5.82 Å². The first-order valence-electron chi connectivity index (χ1n) is 6.42. The molecular formula is C14H23FN2O2. The van der Waals surface area contributed by atoms with Crippen LogP contribution in [-0.2, 0) is 11.3 Å². The van der Waals surface area contributed by atoms with Gasteiger partial charge < -0.3 is 20.1 Å². The van der Waals surface area contributed by atoms with Crippen LogP contribution < -0.4 is 10.2 Å². The van der Waals surface area contributed by atoms with E-state index in [1.807, 2.05) is 11.9 Å². The third-order valence-electron chi connectivity index (χ3n) is 2.79. The van der Waals surface area contributed by atoms with Crippen LogP contribution in [0.4, 0.5) is 10.1 Å². The van der Waals surface area contributed by atoms with Crippen molar-refractivity contribution in [2.45, 2.75) is 19.6 Å². The molecule has 0 fully saturated rings. The molecule has 19 heavy (non-hydrogen) atoms. The van der Waals surface area contributed by atoms with Crippen LogP contribution in [0.3, 0.4) is 0 Å². The summed E-state index contributed by atoms with van der Waals surface area (Å²) in [6.45, 7) is 4.15. The normalized spacial score (nSPS) is 12.5. The van der Waals surface area contributed by atoms with Gasteiger partial charge >= 0.3 is 0 Å². The number of ether oxygens (including phenoxy) is 1.